The van der Waals surface area contributed by atoms with Gasteiger partial charge in [0.2, 0.25) is 0 Å². The fourth-order valence-corrected chi connectivity index (χ4v) is 3.88. The lowest BCUT2D eigenvalue weighted by Gasteiger charge is -2.30. The van der Waals surface area contributed by atoms with Crippen molar-refractivity contribution in [2.45, 2.75) is 51.7 Å². The van der Waals surface area contributed by atoms with Crippen LogP contribution in [0, 0.1) is 16.0 Å². The largest absolute Gasteiger partial charge is 0.376 e. The Labute approximate surface area is 179 Å². The van der Waals surface area contributed by atoms with Gasteiger partial charge >= 0.3 is 0 Å². The Hall–Kier alpha value is -2.19. The molecule has 2 aliphatic rings. The normalized spacial score (nSPS) is 21.0. The smallest absolute Gasteiger partial charge is 0.269 e. The van der Waals surface area contributed by atoms with E-state index in [1.165, 1.54) is 38.1 Å². The number of guanidine groups is 1. The zero-order valence-corrected chi connectivity index (χ0v) is 18.0. The summed E-state index contributed by atoms with van der Waals surface area (Å²) < 4.78 is 5.70. The molecule has 3 rings (SSSR count). The van der Waals surface area contributed by atoms with Crippen molar-refractivity contribution in [1.82, 2.24) is 15.5 Å². The summed E-state index contributed by atoms with van der Waals surface area (Å²) in [5.74, 6) is 1.63. The Balaban J connectivity index is 1.47. The van der Waals surface area contributed by atoms with E-state index < -0.39 is 0 Å². The van der Waals surface area contributed by atoms with Gasteiger partial charge in [-0.1, -0.05) is 19.1 Å². The molecule has 166 valence electrons. The number of nitro benzene ring substituents is 1. The van der Waals surface area contributed by atoms with E-state index in [9.17, 15) is 10.1 Å². The molecule has 1 aromatic rings. The first-order valence-corrected chi connectivity index (χ1v) is 11.2. The van der Waals surface area contributed by atoms with E-state index in [1.807, 2.05) is 0 Å². The van der Waals surface area contributed by atoms with Gasteiger partial charge in [0.05, 0.1) is 17.6 Å². The number of ether oxygens (including phenoxy) is 1. The Morgan fingerprint density at radius 3 is 2.67 bits per heavy atom. The lowest BCUT2D eigenvalue weighted by molar-refractivity contribution is -0.384. The van der Waals surface area contributed by atoms with Crippen LogP contribution in [0.25, 0.3) is 0 Å². The molecule has 0 bridgehead atoms. The molecule has 30 heavy (non-hydrogen) atoms. The third-order valence-electron chi connectivity index (χ3n) is 5.91. The molecule has 1 unspecified atom stereocenters. The van der Waals surface area contributed by atoms with Crippen LogP contribution in [0.5, 0.6) is 0 Å². The Kier molecular flexibility index (Phi) is 8.89. The first-order chi connectivity index (χ1) is 14.6. The van der Waals surface area contributed by atoms with Crippen LogP contribution < -0.4 is 10.6 Å². The zero-order chi connectivity index (χ0) is 21.2. The number of hydrogen-bond donors (Lipinski definition) is 2. The standard InChI is InChI=1S/C22H35N5O3/c1-18-9-13-26(14-10-18)12-3-11-23-22(25-17-21-4-2-15-30-21)24-16-19-5-7-20(8-6-19)27(28)29/h5-8,18,21H,2-4,9-17H2,1H3,(H2,23,24,25). The molecule has 2 heterocycles. The molecule has 2 N–H and O–H groups in total. The van der Waals surface area contributed by atoms with E-state index in [0.29, 0.717) is 6.54 Å². The summed E-state index contributed by atoms with van der Waals surface area (Å²) in [5, 5.41) is 17.6. The van der Waals surface area contributed by atoms with Crippen molar-refractivity contribution in [3.8, 4) is 0 Å². The van der Waals surface area contributed by atoms with Crippen LogP contribution in [-0.2, 0) is 11.3 Å². The summed E-state index contributed by atoms with van der Waals surface area (Å²) in [6.07, 6.45) is 6.12. The molecule has 0 aliphatic carbocycles. The number of piperidine rings is 1. The average Bonchev–Trinajstić information content (AvgIpc) is 3.27. The predicted octanol–water partition coefficient (Wildman–Crippen LogP) is 2.93. The molecule has 0 saturated carbocycles. The topological polar surface area (TPSA) is 92.0 Å². The molecule has 8 nitrogen and oxygen atoms in total. The SMILES string of the molecule is CC1CCN(CCCNC(=NCc2ccc([N+](=O)[O-])cc2)NCC2CCCO2)CC1. The monoisotopic (exact) mass is 417 g/mol. The van der Waals surface area contributed by atoms with E-state index >= 15 is 0 Å². The number of nitro groups is 1. The minimum absolute atomic E-state index is 0.102. The lowest BCUT2D eigenvalue weighted by Crippen LogP contribution is -2.42. The molecule has 1 atom stereocenters. The van der Waals surface area contributed by atoms with Gasteiger partial charge in [0, 0.05) is 31.8 Å². The van der Waals surface area contributed by atoms with Gasteiger partial charge in [0.15, 0.2) is 5.96 Å². The lowest BCUT2D eigenvalue weighted by atomic mass is 9.99. The molecule has 0 aromatic heterocycles. The van der Waals surface area contributed by atoms with E-state index in [-0.39, 0.29) is 16.7 Å². The fourth-order valence-electron chi connectivity index (χ4n) is 3.88. The van der Waals surface area contributed by atoms with Crippen molar-refractivity contribution in [1.29, 1.82) is 0 Å². The fraction of sp³-hybridized carbons (Fsp3) is 0.682. The van der Waals surface area contributed by atoms with Crippen molar-refractivity contribution in [3.63, 3.8) is 0 Å². The van der Waals surface area contributed by atoms with Crippen LogP contribution in [0.15, 0.2) is 29.3 Å². The highest BCUT2D eigenvalue weighted by Crippen LogP contribution is 2.16. The van der Waals surface area contributed by atoms with Crippen molar-refractivity contribution in [2.24, 2.45) is 10.9 Å². The molecular weight excluding hydrogens is 382 g/mol. The number of non-ortho nitro benzene ring substituents is 1. The number of aliphatic imine (C=N–C) groups is 1. The molecule has 2 saturated heterocycles. The average molecular weight is 418 g/mol. The van der Waals surface area contributed by atoms with E-state index in [2.05, 4.69) is 27.4 Å². The Morgan fingerprint density at radius 2 is 2.00 bits per heavy atom. The minimum atomic E-state index is -0.383. The van der Waals surface area contributed by atoms with Gasteiger partial charge in [0.25, 0.3) is 5.69 Å². The molecule has 0 amide bonds. The first kappa shape index (κ1) is 22.5. The van der Waals surface area contributed by atoms with Crippen LogP contribution in [0.4, 0.5) is 5.69 Å². The predicted molar refractivity (Wildman–Crippen MR) is 119 cm³/mol. The van der Waals surface area contributed by atoms with Crippen LogP contribution in [0.3, 0.4) is 0 Å². The summed E-state index contributed by atoms with van der Waals surface area (Å²) in [6, 6.07) is 6.57. The molecule has 2 fully saturated rings. The van der Waals surface area contributed by atoms with E-state index in [1.54, 1.807) is 12.1 Å². The van der Waals surface area contributed by atoms with Gasteiger partial charge in [0.1, 0.15) is 0 Å². The second-order valence-corrected chi connectivity index (χ2v) is 8.41. The van der Waals surface area contributed by atoms with Gasteiger partial charge in [-0.25, -0.2) is 4.99 Å². The molecule has 8 heteroatoms. The van der Waals surface area contributed by atoms with Crippen LogP contribution in [0.2, 0.25) is 0 Å². The Morgan fingerprint density at radius 1 is 1.23 bits per heavy atom. The number of likely N-dealkylation sites (tertiary alicyclic amines) is 1. The third-order valence-corrected chi connectivity index (χ3v) is 5.91. The minimum Gasteiger partial charge on any atom is -0.376 e. The van der Waals surface area contributed by atoms with Crippen molar-refractivity contribution < 1.29 is 9.66 Å². The second-order valence-electron chi connectivity index (χ2n) is 8.41. The van der Waals surface area contributed by atoms with Gasteiger partial charge in [-0.3, -0.25) is 10.1 Å². The summed E-state index contributed by atoms with van der Waals surface area (Å²) in [5.41, 5.74) is 1.05. The first-order valence-electron chi connectivity index (χ1n) is 11.2. The number of nitrogens with one attached hydrogen (secondary N) is 2. The highest BCUT2D eigenvalue weighted by atomic mass is 16.6. The van der Waals surface area contributed by atoms with Gasteiger partial charge in [-0.05, 0) is 63.2 Å². The Bertz CT molecular complexity index is 681. The highest BCUT2D eigenvalue weighted by Gasteiger charge is 2.16. The van der Waals surface area contributed by atoms with Crippen molar-refractivity contribution >= 4 is 11.6 Å². The van der Waals surface area contributed by atoms with Crippen molar-refractivity contribution in [3.05, 3.63) is 39.9 Å². The maximum Gasteiger partial charge on any atom is 0.269 e. The number of benzene rings is 1. The summed E-state index contributed by atoms with van der Waals surface area (Å²) in [6.45, 7) is 8.79. The molecule has 0 radical (unpaired) electrons. The highest BCUT2D eigenvalue weighted by molar-refractivity contribution is 5.79. The second kappa shape index (κ2) is 11.9. The number of nitrogens with zero attached hydrogens (tertiary/aromatic N) is 3. The van der Waals surface area contributed by atoms with E-state index in [0.717, 1.165) is 62.9 Å². The number of rotatable bonds is 9. The maximum absolute atomic E-state index is 10.8. The van der Waals surface area contributed by atoms with Crippen LogP contribution in [-0.4, -0.2) is 61.2 Å². The molecular formula is C22H35N5O3. The number of hydrogen-bond acceptors (Lipinski definition) is 5. The maximum atomic E-state index is 10.8. The van der Waals surface area contributed by atoms with Gasteiger partial charge < -0.3 is 20.3 Å². The summed E-state index contributed by atoms with van der Waals surface area (Å²) in [4.78, 5) is 17.7. The molecule has 2 aliphatic heterocycles. The van der Waals surface area contributed by atoms with Gasteiger partial charge in [-0.2, -0.15) is 0 Å². The quantitative estimate of drug-likeness (QED) is 0.211. The zero-order valence-electron chi connectivity index (χ0n) is 18.0. The van der Waals surface area contributed by atoms with E-state index in [4.69, 9.17) is 4.74 Å². The summed E-state index contributed by atoms with van der Waals surface area (Å²) >= 11 is 0. The summed E-state index contributed by atoms with van der Waals surface area (Å²) in [7, 11) is 0. The van der Waals surface area contributed by atoms with Crippen molar-refractivity contribution in [2.75, 3.05) is 39.3 Å². The third kappa shape index (κ3) is 7.57. The van der Waals surface area contributed by atoms with Crippen LogP contribution >= 0.6 is 0 Å². The van der Waals surface area contributed by atoms with Gasteiger partial charge in [-0.15, -0.1) is 0 Å². The molecule has 1 aromatic carbocycles. The van der Waals surface area contributed by atoms with Crippen LogP contribution in [0.1, 0.15) is 44.6 Å². The molecule has 0 spiro atoms.